The number of rotatable bonds is 7. The van der Waals surface area contributed by atoms with Gasteiger partial charge in [0.05, 0.1) is 31.2 Å². The van der Waals surface area contributed by atoms with Crippen LogP contribution in [0.25, 0.3) is 11.3 Å². The third-order valence-corrected chi connectivity index (χ3v) is 7.33. The second-order valence-corrected chi connectivity index (χ2v) is 10.5. The van der Waals surface area contributed by atoms with Crippen molar-refractivity contribution in [3.8, 4) is 28.9 Å². The second-order valence-electron chi connectivity index (χ2n) is 9.64. The van der Waals surface area contributed by atoms with Gasteiger partial charge in [0.15, 0.2) is 5.75 Å². The van der Waals surface area contributed by atoms with Crippen molar-refractivity contribution in [1.29, 1.82) is 0 Å². The van der Waals surface area contributed by atoms with Gasteiger partial charge < -0.3 is 28.5 Å². The quantitative estimate of drug-likeness (QED) is 0.273. The summed E-state index contributed by atoms with van der Waals surface area (Å²) in [5, 5.41) is 10.2. The molecule has 0 saturated heterocycles. The first-order valence-corrected chi connectivity index (χ1v) is 13.3. The maximum atomic E-state index is 14.4. The van der Waals surface area contributed by atoms with Gasteiger partial charge in [0.25, 0.3) is 11.5 Å². The van der Waals surface area contributed by atoms with E-state index in [1.54, 1.807) is 28.8 Å². The van der Waals surface area contributed by atoms with Gasteiger partial charge in [0.1, 0.15) is 22.3 Å². The summed E-state index contributed by atoms with van der Waals surface area (Å²) in [4.78, 5) is 48.8. The number of carbonyl (C=O) groups excluding carboxylic acids is 1. The molecule has 5 rings (SSSR count). The minimum absolute atomic E-state index is 0.00361. The average molecular weight is 614 g/mol. The fourth-order valence-corrected chi connectivity index (χ4v) is 5.54. The summed E-state index contributed by atoms with van der Waals surface area (Å²) in [5.41, 5.74) is 1.46. The molecule has 1 unspecified atom stereocenters. The van der Waals surface area contributed by atoms with Crippen LogP contribution in [0.3, 0.4) is 0 Å². The van der Waals surface area contributed by atoms with Gasteiger partial charge in [0, 0.05) is 30.5 Å². The topological polar surface area (TPSA) is 138 Å². The summed E-state index contributed by atoms with van der Waals surface area (Å²) in [7, 11) is 4.31. The Hall–Kier alpha value is -4.55. The lowest BCUT2D eigenvalue weighted by atomic mass is 10.0. The summed E-state index contributed by atoms with van der Waals surface area (Å²) in [6.45, 7) is 3.75. The summed E-state index contributed by atoms with van der Waals surface area (Å²) in [6.07, 6.45) is 1.27. The summed E-state index contributed by atoms with van der Waals surface area (Å²) < 4.78 is 19.1. The highest BCUT2D eigenvalue weighted by Gasteiger charge is 2.48. The predicted molar refractivity (Wildman–Crippen MR) is 154 cm³/mol. The van der Waals surface area contributed by atoms with Crippen LogP contribution in [-0.4, -0.2) is 50.5 Å². The summed E-state index contributed by atoms with van der Waals surface area (Å²) >= 11 is 12.5. The third-order valence-electron chi connectivity index (χ3n) is 6.81. The summed E-state index contributed by atoms with van der Waals surface area (Å²) in [5.74, 6) is -0.724. The van der Waals surface area contributed by atoms with Gasteiger partial charge in [-0.3, -0.25) is 14.5 Å². The molecular weight excluding hydrogens is 589 g/mol. The number of amides is 1. The molecule has 0 fully saturated rings. The lowest BCUT2D eigenvalue weighted by Crippen LogP contribution is -2.32. The Balaban J connectivity index is 1.90. The number of anilines is 1. The number of fused-ring (bicyclic) bond motifs is 1. The van der Waals surface area contributed by atoms with E-state index in [1.807, 2.05) is 13.8 Å². The van der Waals surface area contributed by atoms with E-state index in [4.69, 9.17) is 37.4 Å². The number of hydrogen-bond acceptors (Lipinski definition) is 8. The van der Waals surface area contributed by atoms with Crippen LogP contribution in [0.2, 0.25) is 10.0 Å². The Morgan fingerprint density at radius 1 is 1.10 bits per heavy atom. The molecule has 218 valence electrons. The smallest absolute Gasteiger partial charge is 0.480 e. The van der Waals surface area contributed by atoms with E-state index >= 15 is 0 Å². The molecule has 0 spiro atoms. The maximum absolute atomic E-state index is 14.4. The fraction of sp³-hybridized carbons (Fsp3) is 0.250. The molecule has 3 aromatic heterocycles. The van der Waals surface area contributed by atoms with Crippen molar-refractivity contribution in [2.75, 3.05) is 19.1 Å². The van der Waals surface area contributed by atoms with E-state index in [2.05, 4.69) is 9.97 Å². The van der Waals surface area contributed by atoms with Gasteiger partial charge in [-0.2, -0.15) is 4.98 Å². The van der Waals surface area contributed by atoms with Gasteiger partial charge in [-0.15, -0.1) is 0 Å². The molecule has 0 saturated carbocycles. The zero-order valence-electron chi connectivity index (χ0n) is 23.1. The van der Waals surface area contributed by atoms with E-state index < -0.39 is 23.7 Å². The molecule has 1 aliphatic rings. The van der Waals surface area contributed by atoms with Crippen molar-refractivity contribution in [1.82, 2.24) is 19.1 Å². The number of methoxy groups -OCH3 is 2. The zero-order chi connectivity index (χ0) is 30.5. The number of nitrogens with zero attached hydrogens (tertiary/aromatic N) is 5. The lowest BCUT2D eigenvalue weighted by molar-refractivity contribution is 0.0990. The number of aromatic nitrogens is 4. The Morgan fingerprint density at radius 3 is 2.36 bits per heavy atom. The molecule has 1 amide bonds. The molecule has 0 aliphatic carbocycles. The number of ether oxygens (including phenoxy) is 3. The zero-order valence-corrected chi connectivity index (χ0v) is 24.6. The van der Waals surface area contributed by atoms with Crippen molar-refractivity contribution in [3.63, 3.8) is 0 Å². The van der Waals surface area contributed by atoms with Crippen LogP contribution in [0, 0.1) is 0 Å². The van der Waals surface area contributed by atoms with E-state index in [0.717, 1.165) is 0 Å². The van der Waals surface area contributed by atoms with E-state index in [1.165, 1.54) is 49.2 Å². The van der Waals surface area contributed by atoms with Gasteiger partial charge in [-0.05, 0) is 37.6 Å². The Labute approximate surface area is 249 Å². The van der Waals surface area contributed by atoms with E-state index in [9.17, 15) is 19.5 Å². The highest BCUT2D eigenvalue weighted by Crippen LogP contribution is 2.52. The number of carboxylic acid groups (broad SMARTS) is 1. The van der Waals surface area contributed by atoms with Crippen molar-refractivity contribution < 1.29 is 28.9 Å². The van der Waals surface area contributed by atoms with Gasteiger partial charge >= 0.3 is 12.2 Å². The third kappa shape index (κ3) is 4.72. The molecule has 1 aliphatic heterocycles. The molecule has 1 N–H and O–H groups in total. The van der Waals surface area contributed by atoms with Crippen LogP contribution < -0.4 is 24.7 Å². The molecule has 4 heterocycles. The van der Waals surface area contributed by atoms with Crippen LogP contribution in [0.1, 0.15) is 47.5 Å². The Bertz CT molecular complexity index is 1760. The minimum atomic E-state index is -1.63. The fourth-order valence-electron chi connectivity index (χ4n) is 5.17. The first-order valence-electron chi connectivity index (χ1n) is 12.6. The lowest BCUT2D eigenvalue weighted by Gasteiger charge is -2.29. The highest BCUT2D eigenvalue weighted by atomic mass is 35.5. The van der Waals surface area contributed by atoms with Crippen molar-refractivity contribution in [2.24, 2.45) is 7.05 Å². The molecule has 1 atom stereocenters. The van der Waals surface area contributed by atoms with Gasteiger partial charge in [-0.25, -0.2) is 9.78 Å². The normalized spacial score (nSPS) is 14.3. The predicted octanol–water partition coefficient (Wildman–Crippen LogP) is 5.36. The number of carbonyl (C=O) groups is 2. The number of pyridine rings is 1. The standard InChI is InChI=1S/C28H25Cl2N5O7/c1-13(2)34-21(17-11-31-27(41-5)32-24(17)40-4)23(42-28(38)39)19-22(34)20(14-6-8-15(29)9-7-14)35(26(19)37)16-10-18(30)25(36)33(3)12-16/h6-13,20H,1-5H3,(H,38,39). The largest absolute Gasteiger partial charge is 0.511 e. The number of hydrogen-bond donors (Lipinski definition) is 1. The Kier molecular flexibility index (Phi) is 7.60. The summed E-state index contributed by atoms with van der Waals surface area (Å²) in [6, 6.07) is 7.17. The Morgan fingerprint density at radius 2 is 1.79 bits per heavy atom. The molecule has 14 heteroatoms. The van der Waals surface area contributed by atoms with Crippen LogP contribution in [0.5, 0.6) is 17.6 Å². The second kappa shape index (κ2) is 11.0. The molecule has 0 radical (unpaired) electrons. The number of benzene rings is 1. The van der Waals surface area contributed by atoms with E-state index in [-0.39, 0.29) is 45.5 Å². The van der Waals surface area contributed by atoms with Crippen LogP contribution in [0.15, 0.2) is 47.5 Å². The number of aryl methyl sites for hydroxylation is 1. The van der Waals surface area contributed by atoms with Crippen LogP contribution in [0.4, 0.5) is 10.5 Å². The monoisotopic (exact) mass is 613 g/mol. The molecule has 4 aromatic rings. The van der Waals surface area contributed by atoms with Gasteiger partial charge in [0.2, 0.25) is 5.88 Å². The minimum Gasteiger partial charge on any atom is -0.480 e. The first-order chi connectivity index (χ1) is 20.0. The highest BCUT2D eigenvalue weighted by molar-refractivity contribution is 6.31. The average Bonchev–Trinajstić information content (AvgIpc) is 3.43. The van der Waals surface area contributed by atoms with E-state index in [0.29, 0.717) is 22.0 Å². The SMILES string of the molecule is COc1ncc(-c2c(OC(=O)O)c3c(n2C(C)C)C(c2ccc(Cl)cc2)N(c2cc(Cl)c(=O)n(C)c2)C3=O)c(OC)n1. The molecule has 1 aromatic carbocycles. The molecular formula is C28H25Cl2N5O7. The molecule has 12 nitrogen and oxygen atoms in total. The van der Waals surface area contributed by atoms with Gasteiger partial charge in [-0.1, -0.05) is 35.3 Å². The van der Waals surface area contributed by atoms with Crippen molar-refractivity contribution >= 4 is 41.0 Å². The molecule has 42 heavy (non-hydrogen) atoms. The van der Waals surface area contributed by atoms with Crippen molar-refractivity contribution in [2.45, 2.75) is 25.9 Å². The van der Waals surface area contributed by atoms with Crippen LogP contribution >= 0.6 is 23.2 Å². The van der Waals surface area contributed by atoms with Crippen molar-refractivity contribution in [3.05, 3.63) is 79.9 Å². The first kappa shape index (κ1) is 29.0. The maximum Gasteiger partial charge on any atom is 0.511 e. The number of halogens is 2. The molecule has 0 bridgehead atoms. The van der Waals surface area contributed by atoms with Crippen LogP contribution in [-0.2, 0) is 7.05 Å².